The topological polar surface area (TPSA) is 46.2 Å². The van der Waals surface area contributed by atoms with Crippen molar-refractivity contribution in [1.29, 1.82) is 0 Å². The molecule has 0 aliphatic carbocycles. The molecule has 0 saturated heterocycles. The van der Waals surface area contributed by atoms with Crippen molar-refractivity contribution >= 4 is 12.4 Å². The second-order valence-corrected chi connectivity index (χ2v) is 1.22. The lowest BCUT2D eigenvalue weighted by molar-refractivity contribution is -0.0408. The molecule has 5 heteroatoms. The van der Waals surface area contributed by atoms with Crippen LogP contribution in [0.15, 0.2) is 0 Å². The Morgan fingerprint density at radius 2 is 1.88 bits per heavy atom. The summed E-state index contributed by atoms with van der Waals surface area (Å²) in [7, 11) is 0. The summed E-state index contributed by atoms with van der Waals surface area (Å²) >= 11 is 0. The van der Waals surface area contributed by atoms with Gasteiger partial charge < -0.3 is 10.8 Å². The highest BCUT2D eigenvalue weighted by molar-refractivity contribution is 5.85. The Morgan fingerprint density at radius 1 is 1.50 bits per heavy atom. The highest BCUT2D eigenvalue weighted by atomic mass is 35.5. The van der Waals surface area contributed by atoms with E-state index in [4.69, 9.17) is 5.11 Å². The molecule has 0 radical (unpaired) electrons. The third-order valence-corrected chi connectivity index (χ3v) is 0.530. The average Bonchev–Trinajstić information content (AvgIpc) is 1.68. The zero-order valence-electron chi connectivity index (χ0n) is 4.10. The highest BCUT2D eigenvalue weighted by Crippen LogP contribution is 2.07. The molecule has 0 aromatic heterocycles. The summed E-state index contributed by atoms with van der Waals surface area (Å²) in [6.07, 6.45) is 0. The maximum absolute atomic E-state index is 11.5. The predicted octanol–water partition coefficient (Wildman–Crippen LogP) is -0.00550. The van der Waals surface area contributed by atoms with Gasteiger partial charge in [0.15, 0.2) is 0 Å². The van der Waals surface area contributed by atoms with Crippen LogP contribution in [-0.2, 0) is 0 Å². The maximum atomic E-state index is 11.5. The van der Waals surface area contributed by atoms with E-state index >= 15 is 0 Å². The number of rotatable bonds is 2. The molecule has 3 N–H and O–H groups in total. The van der Waals surface area contributed by atoms with Crippen molar-refractivity contribution in [1.82, 2.24) is 0 Å². The molecule has 0 spiro atoms. The van der Waals surface area contributed by atoms with E-state index in [0.29, 0.717) is 0 Å². The summed E-state index contributed by atoms with van der Waals surface area (Å²) in [6, 6.07) is 0. The van der Waals surface area contributed by atoms with E-state index in [-0.39, 0.29) is 12.4 Å². The first kappa shape index (κ1) is 10.9. The van der Waals surface area contributed by atoms with Crippen molar-refractivity contribution < 1.29 is 13.9 Å². The maximum Gasteiger partial charge on any atom is 0.282 e. The molecule has 0 rings (SSSR count). The molecular weight excluding hydrogens is 139 g/mol. The number of nitrogens with two attached hydrogens (primary N) is 1. The molecule has 0 bridgehead atoms. The fraction of sp³-hybridized carbons (Fsp3) is 1.00. The van der Waals surface area contributed by atoms with Crippen molar-refractivity contribution in [2.75, 3.05) is 13.2 Å². The van der Waals surface area contributed by atoms with E-state index in [0.717, 1.165) is 0 Å². The van der Waals surface area contributed by atoms with Gasteiger partial charge in [-0.05, 0) is 0 Å². The van der Waals surface area contributed by atoms with Crippen LogP contribution in [0.4, 0.5) is 8.78 Å². The smallest absolute Gasteiger partial charge is 0.282 e. The summed E-state index contributed by atoms with van der Waals surface area (Å²) < 4.78 is 23.0. The highest BCUT2D eigenvalue weighted by Gasteiger charge is 2.24. The summed E-state index contributed by atoms with van der Waals surface area (Å²) in [5.41, 5.74) is 4.51. The van der Waals surface area contributed by atoms with Crippen molar-refractivity contribution in [3.8, 4) is 0 Å². The van der Waals surface area contributed by atoms with Gasteiger partial charge in [0.25, 0.3) is 5.92 Å². The molecule has 0 atom stereocenters. The molecule has 8 heavy (non-hydrogen) atoms. The standard InChI is InChI=1S/C3H7F2NO.ClH/c4-3(5,1-6)2-7;/h7H,1-2,6H2;1H. The Hall–Kier alpha value is 0.0700. The van der Waals surface area contributed by atoms with E-state index in [9.17, 15) is 8.78 Å². The van der Waals surface area contributed by atoms with Crippen LogP contribution in [0.1, 0.15) is 0 Å². The number of aliphatic hydroxyl groups is 1. The second-order valence-electron chi connectivity index (χ2n) is 1.22. The van der Waals surface area contributed by atoms with Crippen molar-refractivity contribution in [2.24, 2.45) is 5.73 Å². The van der Waals surface area contributed by atoms with Crippen molar-refractivity contribution in [2.45, 2.75) is 5.92 Å². The Balaban J connectivity index is 0. The molecule has 0 amide bonds. The number of aliphatic hydroxyl groups excluding tert-OH is 1. The van der Waals surface area contributed by atoms with E-state index in [1.807, 2.05) is 0 Å². The average molecular weight is 148 g/mol. The second kappa shape index (κ2) is 4.00. The summed E-state index contributed by atoms with van der Waals surface area (Å²) in [6.45, 7) is -1.95. The molecule has 0 aromatic rings. The van der Waals surface area contributed by atoms with Gasteiger partial charge in [-0.25, -0.2) is 8.78 Å². The first-order chi connectivity index (χ1) is 3.12. The minimum absolute atomic E-state index is 0. The lowest BCUT2D eigenvalue weighted by Crippen LogP contribution is -2.31. The van der Waals surface area contributed by atoms with Gasteiger partial charge in [-0.15, -0.1) is 12.4 Å². The van der Waals surface area contributed by atoms with Crippen LogP contribution in [0.25, 0.3) is 0 Å². The summed E-state index contributed by atoms with van der Waals surface area (Å²) in [4.78, 5) is 0. The van der Waals surface area contributed by atoms with E-state index < -0.39 is 19.1 Å². The molecule has 0 unspecified atom stereocenters. The third kappa shape index (κ3) is 4.23. The minimum atomic E-state index is -3.08. The van der Waals surface area contributed by atoms with Gasteiger partial charge in [-0.3, -0.25) is 0 Å². The first-order valence-electron chi connectivity index (χ1n) is 1.81. The number of hydrogen-bond acceptors (Lipinski definition) is 2. The largest absolute Gasteiger partial charge is 0.390 e. The summed E-state index contributed by atoms with van der Waals surface area (Å²) in [5, 5.41) is 7.76. The van der Waals surface area contributed by atoms with Gasteiger partial charge in [0.05, 0.1) is 6.54 Å². The SMILES string of the molecule is Cl.NCC(F)(F)CO. The molecule has 0 aliphatic heterocycles. The van der Waals surface area contributed by atoms with Gasteiger partial charge in [0.1, 0.15) is 6.61 Å². The van der Waals surface area contributed by atoms with Crippen molar-refractivity contribution in [3.63, 3.8) is 0 Å². The van der Waals surface area contributed by atoms with Gasteiger partial charge in [-0.1, -0.05) is 0 Å². The molecule has 0 saturated carbocycles. The van der Waals surface area contributed by atoms with Crippen LogP contribution in [0.3, 0.4) is 0 Å². The summed E-state index contributed by atoms with van der Waals surface area (Å²) in [5.74, 6) is -3.08. The van der Waals surface area contributed by atoms with Crippen LogP contribution in [0.2, 0.25) is 0 Å². The Bertz CT molecular complexity index is 55.2. The first-order valence-corrected chi connectivity index (χ1v) is 1.81. The lowest BCUT2D eigenvalue weighted by atomic mass is 10.4. The fourth-order valence-corrected chi connectivity index (χ4v) is 0.0645. The van der Waals surface area contributed by atoms with Gasteiger partial charge in [0, 0.05) is 0 Å². The van der Waals surface area contributed by atoms with Gasteiger partial charge in [0.2, 0.25) is 0 Å². The fourth-order valence-electron chi connectivity index (χ4n) is 0.0645. The number of hydrogen-bond donors (Lipinski definition) is 2. The minimum Gasteiger partial charge on any atom is -0.390 e. The van der Waals surface area contributed by atoms with Crippen molar-refractivity contribution in [3.05, 3.63) is 0 Å². The van der Waals surface area contributed by atoms with Crippen LogP contribution < -0.4 is 5.73 Å². The Kier molecular flexibility index (Phi) is 5.47. The molecule has 0 aliphatic rings. The number of halogens is 3. The van der Waals surface area contributed by atoms with Crippen LogP contribution >= 0.6 is 12.4 Å². The van der Waals surface area contributed by atoms with Crippen LogP contribution in [0.5, 0.6) is 0 Å². The van der Waals surface area contributed by atoms with E-state index in [2.05, 4.69) is 5.73 Å². The molecular formula is C3H8ClF2NO. The Labute approximate surface area is 52.1 Å². The zero-order valence-corrected chi connectivity index (χ0v) is 4.92. The van der Waals surface area contributed by atoms with Gasteiger partial charge in [-0.2, -0.15) is 0 Å². The molecule has 52 valence electrons. The Morgan fingerprint density at radius 3 is 1.88 bits per heavy atom. The zero-order chi connectivity index (χ0) is 5.91. The van der Waals surface area contributed by atoms with Crippen LogP contribution in [0, 0.1) is 0 Å². The monoisotopic (exact) mass is 147 g/mol. The molecule has 0 aromatic carbocycles. The molecule has 0 heterocycles. The van der Waals surface area contributed by atoms with Crippen LogP contribution in [-0.4, -0.2) is 24.2 Å². The quantitative estimate of drug-likeness (QED) is 0.578. The van der Waals surface area contributed by atoms with E-state index in [1.165, 1.54) is 0 Å². The predicted molar refractivity (Wildman–Crippen MR) is 28.3 cm³/mol. The normalized spacial score (nSPS) is 10.5. The van der Waals surface area contributed by atoms with Gasteiger partial charge >= 0.3 is 0 Å². The number of alkyl halides is 2. The third-order valence-electron chi connectivity index (χ3n) is 0.530. The van der Waals surface area contributed by atoms with E-state index in [1.54, 1.807) is 0 Å². The lowest BCUT2D eigenvalue weighted by Gasteiger charge is -2.07. The molecule has 0 fully saturated rings. The molecule has 2 nitrogen and oxygen atoms in total.